The second kappa shape index (κ2) is 7.77. The smallest absolute Gasteiger partial charge is 0.242 e. The van der Waals surface area contributed by atoms with E-state index in [1.54, 1.807) is 0 Å². The molecule has 2 aromatic carbocycles. The number of nitrogens with zero attached hydrogens (tertiary/aromatic N) is 1. The van der Waals surface area contributed by atoms with Gasteiger partial charge in [-0.2, -0.15) is 0 Å². The number of aliphatic hydroxyl groups excluding tert-OH is 1. The molecule has 2 N–H and O–H groups in total. The lowest BCUT2D eigenvalue weighted by Crippen LogP contribution is -2.48. The monoisotopic (exact) mass is 326 g/mol. The van der Waals surface area contributed by atoms with Gasteiger partial charge in [0.25, 0.3) is 0 Å². The Bertz CT molecular complexity index is 696. The number of amides is 1. The third-order valence-corrected chi connectivity index (χ3v) is 4.90. The number of aryl methyl sites for hydroxylation is 1. The van der Waals surface area contributed by atoms with Crippen LogP contribution in [0.15, 0.2) is 42.5 Å². The van der Waals surface area contributed by atoms with E-state index in [1.165, 1.54) is 16.3 Å². The third-order valence-electron chi connectivity index (χ3n) is 4.90. The number of hydrogen-bond acceptors (Lipinski definition) is 3. The highest BCUT2D eigenvalue weighted by molar-refractivity contribution is 5.85. The van der Waals surface area contributed by atoms with E-state index >= 15 is 0 Å². The molecule has 1 heterocycles. The Morgan fingerprint density at radius 2 is 2.04 bits per heavy atom. The zero-order chi connectivity index (χ0) is 16.9. The summed E-state index contributed by atoms with van der Waals surface area (Å²) >= 11 is 0. The van der Waals surface area contributed by atoms with Gasteiger partial charge in [0.1, 0.15) is 6.04 Å². The molecule has 2 aromatic rings. The quantitative estimate of drug-likeness (QED) is 0.857. The predicted octanol–water partition coefficient (Wildman–Crippen LogP) is 2.34. The Morgan fingerprint density at radius 3 is 2.79 bits per heavy atom. The molecule has 24 heavy (non-hydrogen) atoms. The van der Waals surface area contributed by atoms with Gasteiger partial charge in [0.15, 0.2) is 0 Å². The van der Waals surface area contributed by atoms with Crippen LogP contribution in [0.1, 0.15) is 25.3 Å². The fourth-order valence-corrected chi connectivity index (χ4v) is 3.53. The average molecular weight is 326 g/mol. The number of benzene rings is 2. The molecule has 2 atom stereocenters. The minimum Gasteiger partial charge on any atom is -0.391 e. The van der Waals surface area contributed by atoms with Gasteiger partial charge in [0, 0.05) is 13.1 Å². The molecular formula is C20H26N2O2. The van der Waals surface area contributed by atoms with Crippen LogP contribution in [0.25, 0.3) is 10.8 Å². The van der Waals surface area contributed by atoms with Crippen LogP contribution < -0.4 is 5.32 Å². The fourth-order valence-electron chi connectivity index (χ4n) is 3.53. The van der Waals surface area contributed by atoms with E-state index in [0.717, 1.165) is 19.4 Å². The van der Waals surface area contributed by atoms with Crippen LogP contribution in [-0.2, 0) is 11.2 Å². The number of carbonyl (C=O) groups is 1. The summed E-state index contributed by atoms with van der Waals surface area (Å²) in [5.74, 6) is 0.0282. The van der Waals surface area contributed by atoms with Crippen molar-refractivity contribution < 1.29 is 9.90 Å². The van der Waals surface area contributed by atoms with Crippen molar-refractivity contribution >= 4 is 16.7 Å². The summed E-state index contributed by atoms with van der Waals surface area (Å²) in [6, 6.07) is 14.4. The maximum atomic E-state index is 12.5. The van der Waals surface area contributed by atoms with Crippen molar-refractivity contribution in [2.24, 2.45) is 0 Å². The molecule has 4 heteroatoms. The van der Waals surface area contributed by atoms with E-state index in [-0.39, 0.29) is 5.91 Å². The van der Waals surface area contributed by atoms with Gasteiger partial charge >= 0.3 is 0 Å². The number of fused-ring (bicyclic) bond motifs is 1. The summed E-state index contributed by atoms with van der Waals surface area (Å²) in [5, 5.41) is 15.6. The molecule has 1 aliphatic heterocycles. The first kappa shape index (κ1) is 16.9. The van der Waals surface area contributed by atoms with Gasteiger partial charge in [-0.25, -0.2) is 0 Å². The third kappa shape index (κ3) is 3.60. The number of carbonyl (C=O) groups excluding carboxylic acids is 1. The van der Waals surface area contributed by atoms with Crippen molar-refractivity contribution in [1.82, 2.24) is 10.2 Å². The number of nitrogens with one attached hydrogen (secondary N) is 1. The first-order valence-electron chi connectivity index (χ1n) is 8.87. The normalized spacial score (nSPS) is 20.4. The highest BCUT2D eigenvalue weighted by Gasteiger charge is 2.33. The maximum Gasteiger partial charge on any atom is 0.242 e. The van der Waals surface area contributed by atoms with E-state index in [1.807, 2.05) is 11.8 Å². The number of aliphatic hydroxyl groups is 1. The molecule has 0 aliphatic carbocycles. The van der Waals surface area contributed by atoms with Gasteiger partial charge in [0.2, 0.25) is 5.91 Å². The lowest BCUT2D eigenvalue weighted by atomic mass is 10.0. The minimum atomic E-state index is -0.551. The highest BCUT2D eigenvalue weighted by atomic mass is 16.3. The molecule has 3 rings (SSSR count). The first-order valence-corrected chi connectivity index (χ1v) is 8.87. The molecule has 0 aromatic heterocycles. The Hall–Kier alpha value is -1.91. The standard InChI is InChI=1S/C20H26N2O2/c1-2-22(20(24)19-18(23)12-13-21-19)14-6-10-16-9-5-8-15-7-3-4-11-17(15)16/h3-5,7-9,11,18-19,21,23H,2,6,10,12-14H2,1H3/t18?,19-/m0/s1. The summed E-state index contributed by atoms with van der Waals surface area (Å²) in [6.07, 6.45) is 1.98. The molecule has 0 saturated carbocycles. The van der Waals surface area contributed by atoms with E-state index in [4.69, 9.17) is 0 Å². The molecule has 1 amide bonds. The van der Waals surface area contributed by atoms with Crippen molar-refractivity contribution in [3.63, 3.8) is 0 Å². The lowest BCUT2D eigenvalue weighted by molar-refractivity contribution is -0.135. The molecule has 128 valence electrons. The van der Waals surface area contributed by atoms with E-state index in [9.17, 15) is 9.90 Å². The van der Waals surface area contributed by atoms with Crippen LogP contribution in [-0.4, -0.2) is 47.7 Å². The fraction of sp³-hybridized carbons (Fsp3) is 0.450. The van der Waals surface area contributed by atoms with Crippen LogP contribution in [0.4, 0.5) is 0 Å². The van der Waals surface area contributed by atoms with Crippen molar-refractivity contribution in [3.05, 3.63) is 48.0 Å². The molecule has 0 spiro atoms. The largest absolute Gasteiger partial charge is 0.391 e. The Labute approximate surface area is 143 Å². The topological polar surface area (TPSA) is 52.6 Å². The minimum absolute atomic E-state index is 0.0282. The van der Waals surface area contributed by atoms with E-state index < -0.39 is 12.1 Å². The van der Waals surface area contributed by atoms with Crippen molar-refractivity contribution in [1.29, 1.82) is 0 Å². The Morgan fingerprint density at radius 1 is 1.25 bits per heavy atom. The van der Waals surface area contributed by atoms with E-state index in [2.05, 4.69) is 47.8 Å². The number of rotatable bonds is 6. The summed E-state index contributed by atoms with van der Waals surface area (Å²) < 4.78 is 0. The second-order valence-corrected chi connectivity index (χ2v) is 6.45. The summed E-state index contributed by atoms with van der Waals surface area (Å²) in [7, 11) is 0. The molecule has 1 fully saturated rings. The van der Waals surface area contributed by atoms with Gasteiger partial charge < -0.3 is 15.3 Å². The van der Waals surface area contributed by atoms with Crippen LogP contribution >= 0.6 is 0 Å². The van der Waals surface area contributed by atoms with Gasteiger partial charge in [-0.1, -0.05) is 42.5 Å². The molecule has 4 nitrogen and oxygen atoms in total. The summed E-state index contributed by atoms with van der Waals surface area (Å²) in [5.41, 5.74) is 1.33. The second-order valence-electron chi connectivity index (χ2n) is 6.45. The summed E-state index contributed by atoms with van der Waals surface area (Å²) in [4.78, 5) is 14.4. The number of hydrogen-bond donors (Lipinski definition) is 2. The molecule has 1 unspecified atom stereocenters. The Kier molecular flexibility index (Phi) is 5.48. The van der Waals surface area contributed by atoms with Crippen molar-refractivity contribution in [2.45, 2.75) is 38.3 Å². The maximum absolute atomic E-state index is 12.5. The summed E-state index contributed by atoms with van der Waals surface area (Å²) in [6.45, 7) is 4.12. The highest BCUT2D eigenvalue weighted by Crippen LogP contribution is 2.20. The number of likely N-dealkylation sites (N-methyl/N-ethyl adjacent to an activating group) is 1. The van der Waals surface area contributed by atoms with Crippen LogP contribution in [0.3, 0.4) is 0 Å². The SMILES string of the molecule is CCN(CCCc1cccc2ccccc12)C(=O)[C@H]1NCCC1O. The van der Waals surface area contributed by atoms with Gasteiger partial charge in [0.05, 0.1) is 6.10 Å². The van der Waals surface area contributed by atoms with Crippen molar-refractivity contribution in [2.75, 3.05) is 19.6 Å². The first-order chi connectivity index (χ1) is 11.7. The molecular weight excluding hydrogens is 300 g/mol. The molecule has 1 aliphatic rings. The van der Waals surface area contributed by atoms with Gasteiger partial charge in [-0.05, 0) is 49.1 Å². The van der Waals surface area contributed by atoms with Crippen LogP contribution in [0, 0.1) is 0 Å². The van der Waals surface area contributed by atoms with Crippen molar-refractivity contribution in [3.8, 4) is 0 Å². The lowest BCUT2D eigenvalue weighted by Gasteiger charge is -2.25. The van der Waals surface area contributed by atoms with Gasteiger partial charge in [-0.3, -0.25) is 4.79 Å². The van der Waals surface area contributed by atoms with Gasteiger partial charge in [-0.15, -0.1) is 0 Å². The average Bonchev–Trinajstić information content (AvgIpc) is 3.04. The van der Waals surface area contributed by atoms with Crippen LogP contribution in [0.2, 0.25) is 0 Å². The Balaban J connectivity index is 1.60. The molecule has 1 saturated heterocycles. The predicted molar refractivity (Wildman–Crippen MR) is 96.9 cm³/mol. The molecule has 0 bridgehead atoms. The van der Waals surface area contributed by atoms with Crippen LogP contribution in [0.5, 0.6) is 0 Å². The van der Waals surface area contributed by atoms with E-state index in [0.29, 0.717) is 19.5 Å². The zero-order valence-electron chi connectivity index (χ0n) is 14.2. The molecule has 0 radical (unpaired) electrons. The zero-order valence-corrected chi connectivity index (χ0v) is 14.2.